The molecule has 0 fully saturated rings. The van der Waals surface area contributed by atoms with Gasteiger partial charge in [-0.2, -0.15) is 0 Å². The van der Waals surface area contributed by atoms with Crippen LogP contribution in [-0.4, -0.2) is 24.1 Å². The molecule has 1 rings (SSSR count). The summed E-state index contributed by atoms with van der Waals surface area (Å²) in [5.74, 6) is 0.513. The Balaban J connectivity index is 2.79. The van der Waals surface area contributed by atoms with Crippen LogP contribution in [0.1, 0.15) is 34.6 Å². The van der Waals surface area contributed by atoms with Crippen LogP contribution in [0, 0.1) is 0 Å². The summed E-state index contributed by atoms with van der Waals surface area (Å²) in [5.41, 5.74) is 0.0241. The third kappa shape index (κ3) is 4.69. The van der Waals surface area contributed by atoms with Crippen molar-refractivity contribution in [2.75, 3.05) is 11.9 Å². The fraction of sp³-hybridized carbons (Fsp3) is 0.533. The van der Waals surface area contributed by atoms with Gasteiger partial charge in [-0.3, -0.25) is 4.79 Å². The van der Waals surface area contributed by atoms with Crippen LogP contribution in [0.15, 0.2) is 18.2 Å². The van der Waals surface area contributed by atoms with Crippen molar-refractivity contribution in [2.24, 2.45) is 0 Å². The SMILES string of the molecule is CCNC(C)(C)C(=O)Nc1ccc(OC(C)C)c(Cl)c1. The monoisotopic (exact) mass is 298 g/mol. The van der Waals surface area contributed by atoms with E-state index in [4.69, 9.17) is 16.3 Å². The number of amides is 1. The van der Waals surface area contributed by atoms with Crippen molar-refractivity contribution in [2.45, 2.75) is 46.3 Å². The van der Waals surface area contributed by atoms with Gasteiger partial charge in [0, 0.05) is 5.69 Å². The molecule has 1 aromatic carbocycles. The Morgan fingerprint density at radius 1 is 1.40 bits per heavy atom. The number of ether oxygens (including phenoxy) is 1. The number of carbonyl (C=O) groups is 1. The van der Waals surface area contributed by atoms with Gasteiger partial charge in [0.05, 0.1) is 16.7 Å². The second-order valence-electron chi connectivity index (χ2n) is 5.42. The first-order valence-electron chi connectivity index (χ1n) is 6.79. The van der Waals surface area contributed by atoms with E-state index in [2.05, 4.69) is 10.6 Å². The molecule has 4 nitrogen and oxygen atoms in total. The van der Waals surface area contributed by atoms with E-state index in [-0.39, 0.29) is 12.0 Å². The van der Waals surface area contributed by atoms with Crippen molar-refractivity contribution in [3.8, 4) is 5.75 Å². The van der Waals surface area contributed by atoms with Crippen molar-refractivity contribution in [1.29, 1.82) is 0 Å². The van der Waals surface area contributed by atoms with Gasteiger partial charge in [0.1, 0.15) is 5.75 Å². The molecule has 0 unspecified atom stereocenters. The molecule has 112 valence electrons. The van der Waals surface area contributed by atoms with E-state index < -0.39 is 5.54 Å². The lowest BCUT2D eigenvalue weighted by Gasteiger charge is -2.24. The Labute approximate surface area is 125 Å². The second-order valence-corrected chi connectivity index (χ2v) is 5.83. The molecule has 1 aromatic rings. The quantitative estimate of drug-likeness (QED) is 0.845. The highest BCUT2D eigenvalue weighted by atomic mass is 35.5. The topological polar surface area (TPSA) is 50.4 Å². The normalized spacial score (nSPS) is 11.6. The zero-order valence-corrected chi connectivity index (χ0v) is 13.5. The van der Waals surface area contributed by atoms with E-state index in [1.807, 2.05) is 34.6 Å². The molecule has 0 saturated carbocycles. The maximum atomic E-state index is 12.2. The summed E-state index contributed by atoms with van der Waals surface area (Å²) < 4.78 is 5.55. The van der Waals surface area contributed by atoms with E-state index in [0.29, 0.717) is 16.5 Å². The number of halogens is 1. The fourth-order valence-corrected chi connectivity index (χ4v) is 1.96. The van der Waals surface area contributed by atoms with E-state index >= 15 is 0 Å². The Hall–Kier alpha value is -1.26. The lowest BCUT2D eigenvalue weighted by molar-refractivity contribution is -0.121. The van der Waals surface area contributed by atoms with Crippen LogP contribution >= 0.6 is 11.6 Å². The summed E-state index contributed by atoms with van der Waals surface area (Å²) in [6.45, 7) is 10.2. The van der Waals surface area contributed by atoms with E-state index in [9.17, 15) is 4.79 Å². The molecule has 0 aliphatic carbocycles. The van der Waals surface area contributed by atoms with E-state index in [1.54, 1.807) is 18.2 Å². The van der Waals surface area contributed by atoms with Gasteiger partial charge in [-0.1, -0.05) is 18.5 Å². The average molecular weight is 299 g/mol. The van der Waals surface area contributed by atoms with Crippen LogP contribution in [0.3, 0.4) is 0 Å². The standard InChI is InChI=1S/C15H23ClN2O2/c1-6-17-15(4,5)14(19)18-11-7-8-13(12(16)9-11)20-10(2)3/h7-10,17H,6H2,1-5H3,(H,18,19). The Morgan fingerprint density at radius 3 is 2.55 bits per heavy atom. The first-order valence-corrected chi connectivity index (χ1v) is 7.16. The first kappa shape index (κ1) is 16.8. The molecule has 0 aliphatic heterocycles. The second kappa shape index (κ2) is 6.95. The van der Waals surface area contributed by atoms with Gasteiger partial charge in [-0.05, 0) is 52.4 Å². The summed E-state index contributed by atoms with van der Waals surface area (Å²) in [6, 6.07) is 5.24. The van der Waals surface area contributed by atoms with Gasteiger partial charge < -0.3 is 15.4 Å². The Bertz CT molecular complexity index is 473. The third-order valence-corrected chi connectivity index (χ3v) is 3.03. The zero-order valence-electron chi connectivity index (χ0n) is 12.7. The predicted molar refractivity (Wildman–Crippen MR) is 83.6 cm³/mol. The van der Waals surface area contributed by atoms with Gasteiger partial charge in [-0.15, -0.1) is 0 Å². The fourth-order valence-electron chi connectivity index (χ4n) is 1.74. The average Bonchev–Trinajstić information content (AvgIpc) is 2.32. The molecule has 5 heteroatoms. The molecule has 0 aromatic heterocycles. The molecule has 0 atom stereocenters. The molecule has 1 amide bonds. The van der Waals surface area contributed by atoms with Crippen molar-refractivity contribution in [1.82, 2.24) is 5.32 Å². The molecule has 0 aliphatic rings. The number of rotatable bonds is 6. The number of nitrogens with one attached hydrogen (secondary N) is 2. The van der Waals surface area contributed by atoms with Crippen LogP contribution in [0.2, 0.25) is 5.02 Å². The lowest BCUT2D eigenvalue weighted by atomic mass is 10.0. The number of hydrogen-bond acceptors (Lipinski definition) is 3. The van der Waals surface area contributed by atoms with Crippen LogP contribution < -0.4 is 15.4 Å². The molecule has 0 saturated heterocycles. The lowest BCUT2D eigenvalue weighted by Crippen LogP contribution is -2.49. The maximum Gasteiger partial charge on any atom is 0.244 e. The molecular formula is C15H23ClN2O2. The van der Waals surface area contributed by atoms with Gasteiger partial charge in [0.2, 0.25) is 5.91 Å². The van der Waals surface area contributed by atoms with Crippen LogP contribution in [0.4, 0.5) is 5.69 Å². The van der Waals surface area contributed by atoms with Crippen molar-refractivity contribution >= 4 is 23.2 Å². The number of anilines is 1. The minimum Gasteiger partial charge on any atom is -0.489 e. The van der Waals surface area contributed by atoms with Gasteiger partial charge >= 0.3 is 0 Å². The summed E-state index contributed by atoms with van der Waals surface area (Å²) >= 11 is 6.14. The number of benzene rings is 1. The Kier molecular flexibility index (Phi) is 5.84. The van der Waals surface area contributed by atoms with Gasteiger partial charge in [-0.25, -0.2) is 0 Å². The molecular weight excluding hydrogens is 276 g/mol. The molecule has 2 N–H and O–H groups in total. The van der Waals surface area contributed by atoms with E-state index in [1.165, 1.54) is 0 Å². The van der Waals surface area contributed by atoms with Crippen LogP contribution in [0.25, 0.3) is 0 Å². The first-order chi connectivity index (χ1) is 9.26. The van der Waals surface area contributed by atoms with Gasteiger partial charge in [0.25, 0.3) is 0 Å². The number of carbonyl (C=O) groups excluding carboxylic acids is 1. The molecule has 0 spiro atoms. The molecule has 0 heterocycles. The summed E-state index contributed by atoms with van der Waals surface area (Å²) in [5, 5.41) is 6.46. The summed E-state index contributed by atoms with van der Waals surface area (Å²) in [4.78, 5) is 12.2. The highest BCUT2D eigenvalue weighted by Crippen LogP contribution is 2.28. The van der Waals surface area contributed by atoms with Crippen molar-refractivity contribution < 1.29 is 9.53 Å². The maximum absolute atomic E-state index is 12.2. The summed E-state index contributed by atoms with van der Waals surface area (Å²) in [7, 11) is 0. The third-order valence-electron chi connectivity index (χ3n) is 2.74. The van der Waals surface area contributed by atoms with Crippen molar-refractivity contribution in [3.63, 3.8) is 0 Å². The minimum absolute atomic E-state index is 0.0561. The summed E-state index contributed by atoms with van der Waals surface area (Å²) in [6.07, 6.45) is 0.0561. The molecule has 0 bridgehead atoms. The van der Waals surface area contributed by atoms with Crippen molar-refractivity contribution in [3.05, 3.63) is 23.2 Å². The number of likely N-dealkylation sites (N-methyl/N-ethyl adjacent to an activating group) is 1. The predicted octanol–water partition coefficient (Wildman–Crippen LogP) is 3.45. The highest BCUT2D eigenvalue weighted by Gasteiger charge is 2.26. The highest BCUT2D eigenvalue weighted by molar-refractivity contribution is 6.32. The van der Waals surface area contributed by atoms with Gasteiger partial charge in [0.15, 0.2) is 0 Å². The molecule has 20 heavy (non-hydrogen) atoms. The van der Waals surface area contributed by atoms with Crippen LogP contribution in [-0.2, 0) is 4.79 Å². The van der Waals surface area contributed by atoms with Crippen LogP contribution in [0.5, 0.6) is 5.75 Å². The number of hydrogen-bond donors (Lipinski definition) is 2. The minimum atomic E-state index is -0.631. The van der Waals surface area contributed by atoms with E-state index in [0.717, 1.165) is 6.54 Å². The largest absolute Gasteiger partial charge is 0.489 e. The molecule has 0 radical (unpaired) electrons. The zero-order chi connectivity index (χ0) is 15.3. The Morgan fingerprint density at radius 2 is 2.05 bits per heavy atom. The smallest absolute Gasteiger partial charge is 0.244 e.